The average molecular weight is 326 g/mol. The number of ether oxygens (including phenoxy) is 1. The SMILES string of the molecule is COC(=O)[C@@H]1CN(S(=O)(=O)c2ccccc2C#N)CCS1. The first-order valence-corrected chi connectivity index (χ1v) is 8.68. The van der Waals surface area contributed by atoms with Crippen molar-refractivity contribution in [2.45, 2.75) is 10.1 Å². The molecule has 21 heavy (non-hydrogen) atoms. The van der Waals surface area contributed by atoms with Gasteiger partial charge in [-0.25, -0.2) is 8.42 Å². The van der Waals surface area contributed by atoms with Gasteiger partial charge in [0.2, 0.25) is 10.0 Å². The molecule has 1 aliphatic heterocycles. The third-order valence-corrected chi connectivity index (χ3v) is 6.20. The molecule has 0 amide bonds. The van der Waals surface area contributed by atoms with Gasteiger partial charge in [-0.15, -0.1) is 11.8 Å². The Balaban J connectivity index is 2.31. The minimum atomic E-state index is -3.79. The smallest absolute Gasteiger partial charge is 0.320 e. The molecule has 1 atom stereocenters. The molecule has 1 saturated heterocycles. The number of benzene rings is 1. The minimum Gasteiger partial charge on any atom is -0.468 e. The lowest BCUT2D eigenvalue weighted by atomic mass is 10.2. The van der Waals surface area contributed by atoms with Gasteiger partial charge < -0.3 is 4.74 Å². The Labute approximate surface area is 127 Å². The largest absolute Gasteiger partial charge is 0.468 e. The summed E-state index contributed by atoms with van der Waals surface area (Å²) < 4.78 is 31.2. The van der Waals surface area contributed by atoms with Gasteiger partial charge in [0.25, 0.3) is 0 Å². The third kappa shape index (κ3) is 3.20. The van der Waals surface area contributed by atoms with Crippen LogP contribution >= 0.6 is 11.8 Å². The Morgan fingerprint density at radius 1 is 1.48 bits per heavy atom. The molecule has 1 aliphatic rings. The molecule has 0 bridgehead atoms. The maximum absolute atomic E-state index is 12.6. The summed E-state index contributed by atoms with van der Waals surface area (Å²) in [6.07, 6.45) is 0. The summed E-state index contributed by atoms with van der Waals surface area (Å²) in [6.45, 7) is 0.361. The minimum absolute atomic E-state index is 0.0250. The van der Waals surface area contributed by atoms with Crippen LogP contribution in [-0.2, 0) is 19.6 Å². The number of hydrogen-bond acceptors (Lipinski definition) is 6. The van der Waals surface area contributed by atoms with Gasteiger partial charge in [-0.05, 0) is 12.1 Å². The molecule has 0 radical (unpaired) electrons. The predicted molar refractivity (Wildman–Crippen MR) is 78.2 cm³/mol. The molecule has 1 heterocycles. The molecule has 1 fully saturated rings. The van der Waals surface area contributed by atoms with Crippen molar-refractivity contribution < 1.29 is 17.9 Å². The highest BCUT2D eigenvalue weighted by molar-refractivity contribution is 8.00. The van der Waals surface area contributed by atoms with Crippen molar-refractivity contribution in [2.75, 3.05) is 26.0 Å². The highest BCUT2D eigenvalue weighted by atomic mass is 32.2. The summed E-state index contributed by atoms with van der Waals surface area (Å²) in [4.78, 5) is 11.6. The van der Waals surface area contributed by atoms with Crippen LogP contribution in [0.2, 0.25) is 0 Å². The van der Waals surface area contributed by atoms with Crippen molar-refractivity contribution in [3.05, 3.63) is 29.8 Å². The van der Waals surface area contributed by atoms with Gasteiger partial charge in [0.1, 0.15) is 11.3 Å². The van der Waals surface area contributed by atoms with Crippen LogP contribution in [-0.4, -0.2) is 49.9 Å². The second-order valence-corrected chi connectivity index (χ2v) is 7.57. The van der Waals surface area contributed by atoms with E-state index in [0.29, 0.717) is 12.3 Å². The van der Waals surface area contributed by atoms with Crippen LogP contribution in [0.25, 0.3) is 0 Å². The van der Waals surface area contributed by atoms with Gasteiger partial charge in [0, 0.05) is 18.8 Å². The van der Waals surface area contributed by atoms with Gasteiger partial charge in [0.05, 0.1) is 17.6 Å². The summed E-state index contributed by atoms with van der Waals surface area (Å²) in [7, 11) is -2.51. The Hall–Kier alpha value is -1.56. The molecule has 1 aromatic rings. The zero-order valence-corrected chi connectivity index (χ0v) is 13.0. The Bertz CT molecular complexity index is 682. The fourth-order valence-corrected chi connectivity index (χ4v) is 4.98. The van der Waals surface area contributed by atoms with E-state index in [1.807, 2.05) is 6.07 Å². The van der Waals surface area contributed by atoms with E-state index < -0.39 is 21.2 Å². The summed E-state index contributed by atoms with van der Waals surface area (Å²) in [5.41, 5.74) is 0.102. The number of methoxy groups -OCH3 is 1. The maximum Gasteiger partial charge on any atom is 0.320 e. The number of thioether (sulfide) groups is 1. The van der Waals surface area contributed by atoms with Gasteiger partial charge in [-0.3, -0.25) is 4.79 Å². The highest BCUT2D eigenvalue weighted by Gasteiger charge is 2.35. The van der Waals surface area contributed by atoms with E-state index in [1.165, 1.54) is 35.3 Å². The Morgan fingerprint density at radius 2 is 2.19 bits per heavy atom. The number of nitrogens with zero attached hydrogens (tertiary/aromatic N) is 2. The van der Waals surface area contributed by atoms with E-state index in [1.54, 1.807) is 12.1 Å². The van der Waals surface area contributed by atoms with Crippen molar-refractivity contribution in [1.29, 1.82) is 5.26 Å². The zero-order chi connectivity index (χ0) is 15.5. The summed E-state index contributed by atoms with van der Waals surface area (Å²) in [6, 6.07) is 7.94. The number of esters is 1. The molecule has 0 aliphatic carbocycles. The van der Waals surface area contributed by atoms with Crippen LogP contribution in [0.3, 0.4) is 0 Å². The lowest BCUT2D eigenvalue weighted by Gasteiger charge is -2.30. The van der Waals surface area contributed by atoms with Crippen molar-refractivity contribution in [1.82, 2.24) is 4.31 Å². The van der Waals surface area contributed by atoms with E-state index in [0.717, 1.165) is 0 Å². The van der Waals surface area contributed by atoms with Gasteiger partial charge >= 0.3 is 5.97 Å². The van der Waals surface area contributed by atoms with Gasteiger partial charge in [0.15, 0.2) is 0 Å². The standard InChI is InChI=1S/C13H14N2O4S2/c1-19-13(16)11-9-15(6-7-20-11)21(17,18)12-5-3-2-4-10(12)8-14/h2-5,11H,6-7,9H2,1H3/t11-/m0/s1. The van der Waals surface area contributed by atoms with Crippen molar-refractivity contribution in [2.24, 2.45) is 0 Å². The van der Waals surface area contributed by atoms with E-state index in [-0.39, 0.29) is 17.0 Å². The topological polar surface area (TPSA) is 87.5 Å². The molecule has 6 nitrogen and oxygen atoms in total. The highest BCUT2D eigenvalue weighted by Crippen LogP contribution is 2.26. The van der Waals surface area contributed by atoms with Crippen LogP contribution in [0, 0.1) is 11.3 Å². The molecular weight excluding hydrogens is 312 g/mol. The molecule has 0 unspecified atom stereocenters. The van der Waals surface area contributed by atoms with E-state index >= 15 is 0 Å². The number of carbonyl (C=O) groups is 1. The van der Waals surface area contributed by atoms with Crippen molar-refractivity contribution in [3.63, 3.8) is 0 Å². The fourth-order valence-electron chi connectivity index (χ4n) is 2.04. The molecule has 0 aromatic heterocycles. The van der Waals surface area contributed by atoms with Gasteiger partial charge in [-0.1, -0.05) is 12.1 Å². The molecule has 112 valence electrons. The lowest BCUT2D eigenvalue weighted by Crippen LogP contribution is -2.45. The van der Waals surface area contributed by atoms with Crippen LogP contribution in [0.1, 0.15) is 5.56 Å². The third-order valence-electron chi connectivity index (χ3n) is 3.12. The number of carbonyl (C=O) groups excluding carboxylic acids is 1. The zero-order valence-electron chi connectivity index (χ0n) is 11.4. The summed E-state index contributed by atoms with van der Waals surface area (Å²) in [5, 5.41) is 8.51. The van der Waals surface area contributed by atoms with Crippen LogP contribution < -0.4 is 0 Å². The molecule has 0 N–H and O–H groups in total. The number of sulfonamides is 1. The molecule has 8 heteroatoms. The van der Waals surface area contributed by atoms with Gasteiger partial charge in [-0.2, -0.15) is 9.57 Å². The Kier molecular flexibility index (Phi) is 4.88. The monoisotopic (exact) mass is 326 g/mol. The first-order valence-electron chi connectivity index (χ1n) is 6.19. The predicted octanol–water partition coefficient (Wildman–Crippen LogP) is 0.837. The Morgan fingerprint density at radius 3 is 2.86 bits per heavy atom. The number of nitriles is 1. The second kappa shape index (κ2) is 6.47. The maximum atomic E-state index is 12.6. The molecule has 0 saturated carbocycles. The van der Waals surface area contributed by atoms with Crippen molar-refractivity contribution >= 4 is 27.8 Å². The summed E-state index contributed by atoms with van der Waals surface area (Å²) >= 11 is 1.38. The molecule has 1 aromatic carbocycles. The van der Waals surface area contributed by atoms with Crippen molar-refractivity contribution in [3.8, 4) is 6.07 Å². The lowest BCUT2D eigenvalue weighted by molar-refractivity contribution is -0.140. The first kappa shape index (κ1) is 15.8. The molecule has 0 spiro atoms. The quantitative estimate of drug-likeness (QED) is 0.765. The normalized spacial score (nSPS) is 19.7. The van der Waals surface area contributed by atoms with Crippen LogP contribution in [0.15, 0.2) is 29.2 Å². The number of hydrogen-bond donors (Lipinski definition) is 0. The first-order chi connectivity index (χ1) is 10.0. The molecular formula is C13H14N2O4S2. The second-order valence-electron chi connectivity index (χ2n) is 4.35. The fraction of sp³-hybridized carbons (Fsp3) is 0.385. The van der Waals surface area contributed by atoms with E-state index in [9.17, 15) is 13.2 Å². The number of rotatable bonds is 3. The van der Waals surface area contributed by atoms with E-state index in [2.05, 4.69) is 4.74 Å². The van der Waals surface area contributed by atoms with Crippen LogP contribution in [0.4, 0.5) is 0 Å². The van der Waals surface area contributed by atoms with E-state index in [4.69, 9.17) is 5.26 Å². The average Bonchev–Trinajstić information content (AvgIpc) is 2.54. The summed E-state index contributed by atoms with van der Waals surface area (Å²) in [5.74, 6) is 0.0711. The molecule has 2 rings (SSSR count). The van der Waals surface area contributed by atoms with Crippen LogP contribution in [0.5, 0.6) is 0 Å².